The van der Waals surface area contributed by atoms with E-state index in [1.807, 2.05) is 73.6 Å². The van der Waals surface area contributed by atoms with Crippen LogP contribution in [0.1, 0.15) is 16.1 Å². The fraction of sp³-hybridized carbons (Fsp3) is 0.150. The van der Waals surface area contributed by atoms with Gasteiger partial charge in [-0.05, 0) is 24.3 Å². The molecule has 2 aromatic carbocycles. The number of amides is 1. The molecule has 4 heteroatoms. The minimum atomic E-state index is -0.151. The van der Waals surface area contributed by atoms with Crippen LogP contribution in [0.5, 0.6) is 0 Å². The maximum atomic E-state index is 12.2. The van der Waals surface area contributed by atoms with Crippen molar-refractivity contribution >= 4 is 22.5 Å². The fourth-order valence-electron chi connectivity index (χ4n) is 2.52. The van der Waals surface area contributed by atoms with Crippen LogP contribution in [0.2, 0.25) is 0 Å². The van der Waals surface area contributed by atoms with E-state index < -0.39 is 0 Å². The van der Waals surface area contributed by atoms with Crippen molar-refractivity contribution in [2.24, 2.45) is 0 Å². The third kappa shape index (κ3) is 3.41. The summed E-state index contributed by atoms with van der Waals surface area (Å²) < 4.78 is 0. The van der Waals surface area contributed by atoms with Crippen LogP contribution in [0, 0.1) is 11.8 Å². The lowest BCUT2D eigenvalue weighted by Gasteiger charge is -2.13. The average molecular weight is 317 g/mol. The van der Waals surface area contributed by atoms with E-state index in [0.29, 0.717) is 12.2 Å². The van der Waals surface area contributed by atoms with Crippen molar-refractivity contribution in [1.82, 2.24) is 10.3 Å². The van der Waals surface area contributed by atoms with Gasteiger partial charge in [0.25, 0.3) is 5.91 Å². The number of aromatic nitrogens is 1. The Kier molecular flexibility index (Phi) is 4.53. The number of fused-ring (bicyclic) bond motifs is 1. The van der Waals surface area contributed by atoms with Crippen LogP contribution < -0.4 is 10.2 Å². The number of carbonyl (C=O) groups excluding carboxylic acids is 1. The number of rotatable bonds is 3. The Morgan fingerprint density at radius 1 is 1.12 bits per heavy atom. The highest BCUT2D eigenvalue weighted by Gasteiger charge is 2.07. The number of hydrogen-bond acceptors (Lipinski definition) is 2. The minimum absolute atomic E-state index is 0.151. The van der Waals surface area contributed by atoms with Crippen LogP contribution in [-0.4, -0.2) is 31.5 Å². The summed E-state index contributed by atoms with van der Waals surface area (Å²) in [5.41, 5.74) is 3.51. The molecule has 1 heterocycles. The highest BCUT2D eigenvalue weighted by molar-refractivity contribution is 5.98. The lowest BCUT2D eigenvalue weighted by atomic mass is 10.1. The van der Waals surface area contributed by atoms with E-state index in [-0.39, 0.29) is 5.91 Å². The van der Waals surface area contributed by atoms with Crippen molar-refractivity contribution in [3.8, 4) is 11.8 Å². The van der Waals surface area contributed by atoms with Gasteiger partial charge in [0.2, 0.25) is 0 Å². The summed E-state index contributed by atoms with van der Waals surface area (Å²) in [5, 5.41) is 3.84. The highest BCUT2D eigenvalue weighted by atomic mass is 16.1. The monoisotopic (exact) mass is 317 g/mol. The number of H-pyrrole nitrogens is 1. The fourth-order valence-corrected chi connectivity index (χ4v) is 2.52. The van der Waals surface area contributed by atoms with E-state index in [2.05, 4.69) is 22.1 Å². The number of nitrogens with one attached hydrogen (secondary N) is 2. The first-order chi connectivity index (χ1) is 11.6. The van der Waals surface area contributed by atoms with E-state index in [0.717, 1.165) is 22.2 Å². The molecule has 120 valence electrons. The van der Waals surface area contributed by atoms with E-state index in [1.165, 1.54) is 0 Å². The van der Waals surface area contributed by atoms with Crippen molar-refractivity contribution < 1.29 is 4.79 Å². The summed E-state index contributed by atoms with van der Waals surface area (Å²) in [6.45, 7) is 0.302. The molecule has 0 aliphatic rings. The molecule has 0 fully saturated rings. The molecule has 1 amide bonds. The summed E-state index contributed by atoms with van der Waals surface area (Å²) in [4.78, 5) is 17.3. The van der Waals surface area contributed by atoms with Gasteiger partial charge >= 0.3 is 0 Å². The molecule has 0 bridgehead atoms. The summed E-state index contributed by atoms with van der Waals surface area (Å²) in [7, 11) is 3.97. The minimum Gasteiger partial charge on any atom is -0.377 e. The highest BCUT2D eigenvalue weighted by Crippen LogP contribution is 2.16. The summed E-state index contributed by atoms with van der Waals surface area (Å²) >= 11 is 0. The third-order valence-electron chi connectivity index (χ3n) is 3.72. The van der Waals surface area contributed by atoms with E-state index >= 15 is 0 Å². The summed E-state index contributed by atoms with van der Waals surface area (Å²) in [6, 6.07) is 17.6. The lowest BCUT2D eigenvalue weighted by Crippen LogP contribution is -2.23. The van der Waals surface area contributed by atoms with E-state index in [9.17, 15) is 4.79 Å². The van der Waals surface area contributed by atoms with Crippen LogP contribution in [0.15, 0.2) is 54.6 Å². The quantitative estimate of drug-likeness (QED) is 0.730. The summed E-state index contributed by atoms with van der Waals surface area (Å²) in [5.74, 6) is 5.97. The van der Waals surface area contributed by atoms with Crippen molar-refractivity contribution in [2.45, 2.75) is 0 Å². The van der Waals surface area contributed by atoms with Gasteiger partial charge in [0, 0.05) is 30.6 Å². The van der Waals surface area contributed by atoms with Gasteiger partial charge in [-0.15, -0.1) is 0 Å². The smallest absolute Gasteiger partial charge is 0.268 e. The second-order valence-corrected chi connectivity index (χ2v) is 5.67. The number of anilines is 1. The molecule has 0 atom stereocenters. The Morgan fingerprint density at radius 2 is 1.88 bits per heavy atom. The molecule has 3 aromatic rings. The van der Waals surface area contributed by atoms with Gasteiger partial charge in [0.15, 0.2) is 0 Å². The van der Waals surface area contributed by atoms with Crippen LogP contribution in [0.25, 0.3) is 10.9 Å². The Morgan fingerprint density at radius 3 is 2.67 bits per heavy atom. The van der Waals surface area contributed by atoms with Gasteiger partial charge in [0.05, 0.1) is 12.2 Å². The molecule has 0 saturated heterocycles. The maximum Gasteiger partial charge on any atom is 0.268 e. The molecule has 0 aliphatic heterocycles. The zero-order valence-electron chi connectivity index (χ0n) is 13.8. The Balaban J connectivity index is 1.66. The first-order valence-corrected chi connectivity index (χ1v) is 7.76. The van der Waals surface area contributed by atoms with Crippen molar-refractivity contribution in [3.05, 3.63) is 65.9 Å². The second-order valence-electron chi connectivity index (χ2n) is 5.67. The van der Waals surface area contributed by atoms with E-state index in [1.54, 1.807) is 0 Å². The molecule has 2 N–H and O–H groups in total. The van der Waals surface area contributed by atoms with Gasteiger partial charge in [-0.1, -0.05) is 42.2 Å². The predicted octanol–water partition coefficient (Wildman–Crippen LogP) is 3.02. The van der Waals surface area contributed by atoms with Crippen LogP contribution in [0.4, 0.5) is 5.69 Å². The van der Waals surface area contributed by atoms with Crippen LogP contribution in [0.3, 0.4) is 0 Å². The molecule has 24 heavy (non-hydrogen) atoms. The molecule has 0 radical (unpaired) electrons. The van der Waals surface area contributed by atoms with Crippen molar-refractivity contribution in [1.29, 1.82) is 0 Å². The number of para-hydroxylation sites is 2. The van der Waals surface area contributed by atoms with Crippen LogP contribution in [-0.2, 0) is 0 Å². The molecule has 3 rings (SSSR count). The lowest BCUT2D eigenvalue weighted by molar-refractivity contribution is 0.0954. The number of hydrogen-bond donors (Lipinski definition) is 2. The number of carbonyl (C=O) groups is 1. The molecule has 4 nitrogen and oxygen atoms in total. The second kappa shape index (κ2) is 6.93. The zero-order chi connectivity index (χ0) is 16.9. The van der Waals surface area contributed by atoms with Gasteiger partial charge in [-0.25, -0.2) is 0 Å². The van der Waals surface area contributed by atoms with Gasteiger partial charge in [-0.3, -0.25) is 4.79 Å². The molecular formula is C20H19N3O. The summed E-state index contributed by atoms with van der Waals surface area (Å²) in [6.07, 6.45) is 0. The molecule has 0 spiro atoms. The number of aromatic amines is 1. The Labute approximate surface area is 141 Å². The average Bonchev–Trinajstić information content (AvgIpc) is 3.03. The topological polar surface area (TPSA) is 48.1 Å². The first kappa shape index (κ1) is 15.7. The van der Waals surface area contributed by atoms with Gasteiger partial charge in [-0.2, -0.15) is 0 Å². The Hall–Kier alpha value is -3.19. The Bertz CT molecular complexity index is 895. The molecule has 0 unspecified atom stereocenters. The van der Waals surface area contributed by atoms with Crippen molar-refractivity contribution in [2.75, 3.05) is 25.5 Å². The van der Waals surface area contributed by atoms with Gasteiger partial charge in [0.1, 0.15) is 5.69 Å². The van der Waals surface area contributed by atoms with E-state index in [4.69, 9.17) is 0 Å². The largest absolute Gasteiger partial charge is 0.377 e. The molecule has 1 aromatic heterocycles. The van der Waals surface area contributed by atoms with Crippen molar-refractivity contribution in [3.63, 3.8) is 0 Å². The SMILES string of the molecule is CN(C)c1ccccc1C#CCNC(=O)c1cc2ccccc2[nH]1. The molecular weight excluding hydrogens is 298 g/mol. The van der Waals surface area contributed by atoms with Crippen LogP contribution >= 0.6 is 0 Å². The third-order valence-corrected chi connectivity index (χ3v) is 3.72. The predicted molar refractivity (Wildman–Crippen MR) is 98.3 cm³/mol. The molecule has 0 aliphatic carbocycles. The van der Waals surface area contributed by atoms with Gasteiger partial charge < -0.3 is 15.2 Å². The molecule has 0 saturated carbocycles. The number of benzene rings is 2. The standard InChI is InChI=1S/C20H19N3O/c1-23(2)19-12-6-4-8-15(19)10-7-13-21-20(24)18-14-16-9-3-5-11-17(16)22-18/h3-6,8-9,11-12,14,22H,13H2,1-2H3,(H,21,24). The zero-order valence-corrected chi connectivity index (χ0v) is 13.8. The normalized spacial score (nSPS) is 10.1. The first-order valence-electron chi connectivity index (χ1n) is 7.76. The maximum absolute atomic E-state index is 12.2. The number of nitrogens with zero attached hydrogens (tertiary/aromatic N) is 1.